The van der Waals surface area contributed by atoms with Gasteiger partial charge in [-0.05, 0) is 37.5 Å². The molecule has 1 fully saturated rings. The summed E-state index contributed by atoms with van der Waals surface area (Å²) in [6.45, 7) is -1.37. The molecule has 9 heteroatoms. The quantitative estimate of drug-likeness (QED) is 0.842. The lowest BCUT2D eigenvalue weighted by Crippen LogP contribution is -2.31. The monoisotopic (exact) mass is 359 g/mol. The zero-order valence-electron chi connectivity index (χ0n) is 12.9. The molecule has 0 spiro atoms. The molecule has 1 aromatic heterocycles. The molecule has 5 nitrogen and oxygen atoms in total. The van der Waals surface area contributed by atoms with Gasteiger partial charge < -0.3 is 0 Å². The third-order valence-electron chi connectivity index (χ3n) is 4.21. The van der Waals surface area contributed by atoms with Gasteiger partial charge in [-0.1, -0.05) is 12.1 Å². The van der Waals surface area contributed by atoms with Crippen molar-refractivity contribution in [1.29, 1.82) is 0 Å². The van der Waals surface area contributed by atoms with Gasteiger partial charge >= 0.3 is 6.55 Å². The molecule has 130 valence electrons. The minimum Gasteiger partial charge on any atom is -0.207 e. The van der Waals surface area contributed by atoms with E-state index in [2.05, 4.69) is 5.10 Å². The molecule has 2 aromatic rings. The maximum atomic E-state index is 13.5. The molecule has 0 aliphatic carbocycles. The van der Waals surface area contributed by atoms with Crippen LogP contribution in [0.1, 0.15) is 36.7 Å². The van der Waals surface area contributed by atoms with Crippen molar-refractivity contribution >= 4 is 10.0 Å². The second kappa shape index (κ2) is 6.21. The Hall–Kier alpha value is -1.87. The fourth-order valence-electron chi connectivity index (χ4n) is 3.06. The predicted octanol–water partition coefficient (Wildman–Crippen LogP) is 3.25. The molecule has 1 atom stereocenters. The SMILES string of the molecule is Cc1c(S(=O)(=O)N2CCC[C@H]2c2cccc(F)c2)cnn1C(F)F. The van der Waals surface area contributed by atoms with Gasteiger partial charge in [-0.3, -0.25) is 0 Å². The maximum absolute atomic E-state index is 13.5. The van der Waals surface area contributed by atoms with Crippen molar-refractivity contribution in [1.82, 2.24) is 14.1 Å². The van der Waals surface area contributed by atoms with Gasteiger partial charge in [-0.25, -0.2) is 17.5 Å². The number of alkyl halides is 2. The molecular formula is C15H16F3N3O2S. The molecule has 1 aliphatic heterocycles. The molecule has 2 heterocycles. The van der Waals surface area contributed by atoms with Crippen LogP contribution in [-0.2, 0) is 10.0 Å². The first-order valence-electron chi connectivity index (χ1n) is 7.42. The highest BCUT2D eigenvalue weighted by molar-refractivity contribution is 7.89. The van der Waals surface area contributed by atoms with Gasteiger partial charge in [0.15, 0.2) is 0 Å². The summed E-state index contributed by atoms with van der Waals surface area (Å²) in [5.74, 6) is -0.446. The van der Waals surface area contributed by atoms with E-state index in [1.165, 1.54) is 29.4 Å². The summed E-state index contributed by atoms with van der Waals surface area (Å²) >= 11 is 0. The van der Waals surface area contributed by atoms with Gasteiger partial charge in [0.2, 0.25) is 10.0 Å². The van der Waals surface area contributed by atoms with E-state index < -0.39 is 28.4 Å². The van der Waals surface area contributed by atoms with Crippen LogP contribution >= 0.6 is 0 Å². The summed E-state index contributed by atoms with van der Waals surface area (Å²) in [6, 6.07) is 5.26. The first kappa shape index (κ1) is 17.0. The Labute approximate surface area is 137 Å². The minimum atomic E-state index is -4.00. The zero-order valence-corrected chi connectivity index (χ0v) is 13.7. The Kier molecular flexibility index (Phi) is 4.39. The van der Waals surface area contributed by atoms with Gasteiger partial charge in [0.1, 0.15) is 10.7 Å². The Morgan fingerprint density at radius 3 is 2.71 bits per heavy atom. The lowest BCUT2D eigenvalue weighted by atomic mass is 10.1. The summed E-state index contributed by atoms with van der Waals surface area (Å²) in [4.78, 5) is -0.244. The van der Waals surface area contributed by atoms with E-state index in [-0.39, 0.29) is 17.1 Å². The highest BCUT2D eigenvalue weighted by atomic mass is 32.2. The van der Waals surface area contributed by atoms with Crippen molar-refractivity contribution in [2.24, 2.45) is 0 Å². The van der Waals surface area contributed by atoms with Crippen LogP contribution in [0.15, 0.2) is 35.4 Å². The number of hydrogen-bond donors (Lipinski definition) is 0. The molecule has 1 aromatic carbocycles. The van der Waals surface area contributed by atoms with Crippen molar-refractivity contribution in [2.45, 2.75) is 37.3 Å². The largest absolute Gasteiger partial charge is 0.333 e. The number of aromatic nitrogens is 2. The molecular weight excluding hydrogens is 343 g/mol. The summed E-state index contributed by atoms with van der Waals surface area (Å²) in [5.41, 5.74) is 0.435. The molecule has 24 heavy (non-hydrogen) atoms. The van der Waals surface area contributed by atoms with Gasteiger partial charge in [0.05, 0.1) is 17.9 Å². The topological polar surface area (TPSA) is 55.2 Å². The van der Waals surface area contributed by atoms with E-state index in [4.69, 9.17) is 0 Å². The Balaban J connectivity index is 2.00. The number of sulfonamides is 1. The average molecular weight is 359 g/mol. The zero-order chi connectivity index (χ0) is 17.5. The molecule has 0 unspecified atom stereocenters. The van der Waals surface area contributed by atoms with Gasteiger partial charge in [-0.15, -0.1) is 0 Å². The van der Waals surface area contributed by atoms with Crippen LogP contribution in [0.25, 0.3) is 0 Å². The summed E-state index contributed by atoms with van der Waals surface area (Å²) < 4.78 is 66.5. The Bertz CT molecular complexity index is 851. The van der Waals surface area contributed by atoms with E-state index in [1.807, 2.05) is 0 Å². The van der Waals surface area contributed by atoms with Crippen molar-refractivity contribution in [3.8, 4) is 0 Å². The van der Waals surface area contributed by atoms with Crippen LogP contribution in [-0.4, -0.2) is 29.0 Å². The third kappa shape index (κ3) is 2.82. The van der Waals surface area contributed by atoms with Gasteiger partial charge in [0, 0.05) is 6.54 Å². The maximum Gasteiger partial charge on any atom is 0.333 e. The highest BCUT2D eigenvalue weighted by Gasteiger charge is 2.38. The van der Waals surface area contributed by atoms with Crippen LogP contribution in [0.2, 0.25) is 0 Å². The van der Waals surface area contributed by atoms with Crippen molar-refractivity contribution in [3.63, 3.8) is 0 Å². The second-order valence-corrected chi connectivity index (χ2v) is 7.50. The predicted molar refractivity (Wildman–Crippen MR) is 80.5 cm³/mol. The molecule has 0 bridgehead atoms. The molecule has 1 saturated heterocycles. The van der Waals surface area contributed by atoms with Crippen molar-refractivity contribution in [2.75, 3.05) is 6.54 Å². The number of hydrogen-bond acceptors (Lipinski definition) is 3. The van der Waals surface area contributed by atoms with Crippen molar-refractivity contribution in [3.05, 3.63) is 47.5 Å². The van der Waals surface area contributed by atoms with E-state index in [0.29, 0.717) is 23.1 Å². The standard InChI is InChI=1S/C15H16F3N3O2S/c1-10-14(9-19-21(10)15(17)18)24(22,23)20-7-3-6-13(20)11-4-2-5-12(16)8-11/h2,4-5,8-9,13,15H,3,6-7H2,1H3/t13-/m0/s1. The van der Waals surface area contributed by atoms with Crippen LogP contribution in [0.4, 0.5) is 13.2 Å². The fraction of sp³-hybridized carbons (Fsp3) is 0.400. The normalized spacial score (nSPS) is 19.3. The van der Waals surface area contributed by atoms with Gasteiger partial charge in [-0.2, -0.15) is 18.2 Å². The van der Waals surface area contributed by atoms with E-state index in [0.717, 1.165) is 6.20 Å². The van der Waals surface area contributed by atoms with E-state index in [1.54, 1.807) is 6.07 Å². The summed E-state index contributed by atoms with van der Waals surface area (Å²) in [6.07, 6.45) is 2.10. The Morgan fingerprint density at radius 2 is 2.08 bits per heavy atom. The first-order valence-corrected chi connectivity index (χ1v) is 8.86. The lowest BCUT2D eigenvalue weighted by molar-refractivity contribution is 0.0541. The van der Waals surface area contributed by atoms with Crippen LogP contribution in [0.5, 0.6) is 0 Å². The molecule has 1 aliphatic rings. The minimum absolute atomic E-state index is 0.116. The molecule has 0 radical (unpaired) electrons. The fourth-order valence-corrected chi connectivity index (χ4v) is 4.89. The van der Waals surface area contributed by atoms with Crippen LogP contribution in [0.3, 0.4) is 0 Å². The lowest BCUT2D eigenvalue weighted by Gasteiger charge is -2.24. The number of halogens is 3. The highest BCUT2D eigenvalue weighted by Crippen LogP contribution is 2.37. The van der Waals surface area contributed by atoms with Crippen LogP contribution in [0, 0.1) is 12.7 Å². The first-order chi connectivity index (χ1) is 11.3. The van der Waals surface area contributed by atoms with Gasteiger partial charge in [0.25, 0.3) is 0 Å². The molecule has 0 saturated carbocycles. The smallest absolute Gasteiger partial charge is 0.207 e. The number of rotatable bonds is 4. The molecule has 0 amide bonds. The number of nitrogens with zero attached hydrogens (tertiary/aromatic N) is 3. The molecule has 0 N–H and O–H groups in total. The average Bonchev–Trinajstić information content (AvgIpc) is 3.14. The molecule has 3 rings (SSSR count). The third-order valence-corrected chi connectivity index (χ3v) is 6.22. The summed E-state index contributed by atoms with van der Waals surface area (Å²) in [5, 5.41) is 3.47. The number of benzene rings is 1. The van der Waals surface area contributed by atoms with E-state index in [9.17, 15) is 21.6 Å². The second-order valence-electron chi connectivity index (χ2n) is 5.65. The van der Waals surface area contributed by atoms with Crippen molar-refractivity contribution < 1.29 is 21.6 Å². The van der Waals surface area contributed by atoms with Crippen LogP contribution < -0.4 is 0 Å². The summed E-state index contributed by atoms with van der Waals surface area (Å²) in [7, 11) is -4.00. The van der Waals surface area contributed by atoms with E-state index >= 15 is 0 Å². The Morgan fingerprint density at radius 1 is 1.33 bits per heavy atom.